The van der Waals surface area contributed by atoms with Gasteiger partial charge < -0.3 is 5.32 Å². The molecular weight excluding hydrogens is 214 g/mol. The number of halogens is 1. The highest BCUT2D eigenvalue weighted by Crippen LogP contribution is 2.08. The van der Waals surface area contributed by atoms with Gasteiger partial charge in [0, 0.05) is 0 Å². The van der Waals surface area contributed by atoms with Crippen LogP contribution in [-0.4, -0.2) is 24.0 Å². The van der Waals surface area contributed by atoms with E-state index in [0.29, 0.717) is 17.4 Å². The molecule has 0 aliphatic heterocycles. The number of aromatic nitrogens is 1. The number of terminal acetylenes is 1. The molecule has 1 aromatic rings. The molecule has 0 saturated carbocycles. The van der Waals surface area contributed by atoms with Crippen LogP contribution in [0.4, 0.5) is 5.69 Å². The average Bonchev–Trinajstić information content (AvgIpc) is 2.22. The summed E-state index contributed by atoms with van der Waals surface area (Å²) in [6.07, 6.45) is 6.50. The van der Waals surface area contributed by atoms with E-state index in [9.17, 15) is 4.79 Å². The van der Waals surface area contributed by atoms with Crippen LogP contribution in [0, 0.1) is 12.3 Å². The lowest BCUT2D eigenvalue weighted by Crippen LogP contribution is -2.28. The van der Waals surface area contributed by atoms with Crippen molar-refractivity contribution in [3.05, 3.63) is 23.5 Å². The minimum Gasteiger partial charge on any atom is -0.324 e. The van der Waals surface area contributed by atoms with Crippen molar-refractivity contribution < 1.29 is 4.79 Å². The van der Waals surface area contributed by atoms with E-state index in [0.717, 1.165) is 0 Å². The molecule has 5 heteroatoms. The van der Waals surface area contributed by atoms with Gasteiger partial charge in [-0.1, -0.05) is 17.5 Å². The molecule has 0 aromatic carbocycles. The smallest absolute Gasteiger partial charge is 0.238 e. The molecule has 1 amide bonds. The van der Waals surface area contributed by atoms with Gasteiger partial charge in [0.05, 0.1) is 25.0 Å². The molecule has 78 valence electrons. The molecule has 1 rings (SSSR count). The van der Waals surface area contributed by atoms with Crippen LogP contribution in [0.15, 0.2) is 18.3 Å². The van der Waals surface area contributed by atoms with Crippen LogP contribution in [0.5, 0.6) is 0 Å². The second-order valence-electron chi connectivity index (χ2n) is 2.73. The SMILES string of the molecule is C#CCNCC(=O)Nc1ccc(Cl)nc1. The standard InChI is InChI=1S/C10H10ClN3O/c1-2-5-12-7-10(15)14-8-3-4-9(11)13-6-8/h1,3-4,6,12H,5,7H2,(H,14,15). The number of pyridine rings is 1. The van der Waals surface area contributed by atoms with Crippen molar-refractivity contribution in [2.45, 2.75) is 0 Å². The summed E-state index contributed by atoms with van der Waals surface area (Å²) < 4.78 is 0. The Balaban J connectivity index is 2.38. The van der Waals surface area contributed by atoms with Crippen molar-refractivity contribution in [3.8, 4) is 12.3 Å². The molecular formula is C10H10ClN3O. The van der Waals surface area contributed by atoms with E-state index < -0.39 is 0 Å². The maximum atomic E-state index is 11.3. The van der Waals surface area contributed by atoms with Crippen molar-refractivity contribution in [2.75, 3.05) is 18.4 Å². The largest absolute Gasteiger partial charge is 0.324 e. The van der Waals surface area contributed by atoms with Gasteiger partial charge in [0.1, 0.15) is 5.15 Å². The molecule has 1 aromatic heterocycles. The fraction of sp³-hybridized carbons (Fsp3) is 0.200. The quantitative estimate of drug-likeness (QED) is 0.453. The second-order valence-corrected chi connectivity index (χ2v) is 3.11. The van der Waals surface area contributed by atoms with E-state index in [4.69, 9.17) is 18.0 Å². The lowest BCUT2D eigenvalue weighted by molar-refractivity contribution is -0.115. The number of hydrogen-bond donors (Lipinski definition) is 2. The van der Waals surface area contributed by atoms with Crippen LogP contribution >= 0.6 is 11.6 Å². The maximum Gasteiger partial charge on any atom is 0.238 e. The average molecular weight is 224 g/mol. The number of amides is 1. The lowest BCUT2D eigenvalue weighted by Gasteiger charge is -2.04. The van der Waals surface area contributed by atoms with Gasteiger partial charge in [0.2, 0.25) is 5.91 Å². The predicted octanol–water partition coefficient (Wildman–Crippen LogP) is 0.896. The van der Waals surface area contributed by atoms with E-state index in [1.165, 1.54) is 6.20 Å². The monoisotopic (exact) mass is 223 g/mol. The first-order chi connectivity index (χ1) is 7.22. The first-order valence-electron chi connectivity index (χ1n) is 4.28. The van der Waals surface area contributed by atoms with E-state index in [-0.39, 0.29) is 12.5 Å². The fourth-order valence-corrected chi connectivity index (χ4v) is 1.01. The van der Waals surface area contributed by atoms with Gasteiger partial charge in [-0.25, -0.2) is 4.98 Å². The summed E-state index contributed by atoms with van der Waals surface area (Å²) in [6.45, 7) is 0.541. The Bertz CT molecular complexity index is 369. The number of nitrogens with zero attached hydrogens (tertiary/aromatic N) is 1. The summed E-state index contributed by atoms with van der Waals surface area (Å²) in [5.74, 6) is 2.20. The van der Waals surface area contributed by atoms with Gasteiger partial charge in [-0.15, -0.1) is 6.42 Å². The Morgan fingerprint density at radius 3 is 3.00 bits per heavy atom. The highest BCUT2D eigenvalue weighted by Gasteiger charge is 2.00. The highest BCUT2D eigenvalue weighted by atomic mass is 35.5. The number of anilines is 1. The zero-order chi connectivity index (χ0) is 11.1. The molecule has 2 N–H and O–H groups in total. The molecule has 1 heterocycles. The van der Waals surface area contributed by atoms with E-state index in [1.54, 1.807) is 12.1 Å². The van der Waals surface area contributed by atoms with Gasteiger partial charge in [0.15, 0.2) is 0 Å². The number of hydrogen-bond acceptors (Lipinski definition) is 3. The van der Waals surface area contributed by atoms with Crippen LogP contribution in [0.3, 0.4) is 0 Å². The lowest BCUT2D eigenvalue weighted by atomic mass is 10.4. The third kappa shape index (κ3) is 4.45. The number of carbonyl (C=O) groups excluding carboxylic acids is 1. The number of carbonyl (C=O) groups is 1. The van der Waals surface area contributed by atoms with Crippen molar-refractivity contribution in [1.82, 2.24) is 10.3 Å². The van der Waals surface area contributed by atoms with Gasteiger partial charge >= 0.3 is 0 Å². The van der Waals surface area contributed by atoms with E-state index in [1.807, 2.05) is 0 Å². The summed E-state index contributed by atoms with van der Waals surface area (Å²) in [7, 11) is 0. The maximum absolute atomic E-state index is 11.3. The third-order valence-electron chi connectivity index (χ3n) is 1.52. The van der Waals surface area contributed by atoms with Crippen molar-refractivity contribution >= 4 is 23.2 Å². The molecule has 0 bridgehead atoms. The Morgan fingerprint density at radius 1 is 1.60 bits per heavy atom. The zero-order valence-corrected chi connectivity index (χ0v) is 8.71. The molecule has 0 aliphatic carbocycles. The fourth-order valence-electron chi connectivity index (χ4n) is 0.903. The molecule has 0 radical (unpaired) electrons. The molecule has 0 saturated heterocycles. The normalized spacial score (nSPS) is 9.33. The minimum absolute atomic E-state index is 0.172. The van der Waals surface area contributed by atoms with Crippen LogP contribution in [-0.2, 0) is 4.79 Å². The van der Waals surface area contributed by atoms with Gasteiger partial charge in [0.25, 0.3) is 0 Å². The molecule has 0 atom stereocenters. The van der Waals surface area contributed by atoms with Crippen LogP contribution in [0.25, 0.3) is 0 Å². The first kappa shape index (κ1) is 11.5. The summed E-state index contributed by atoms with van der Waals surface area (Å²) in [5.41, 5.74) is 0.604. The predicted molar refractivity (Wildman–Crippen MR) is 59.6 cm³/mol. The number of rotatable bonds is 4. The van der Waals surface area contributed by atoms with E-state index >= 15 is 0 Å². The summed E-state index contributed by atoms with van der Waals surface area (Å²) >= 11 is 5.59. The summed E-state index contributed by atoms with van der Waals surface area (Å²) in [4.78, 5) is 15.1. The Kier molecular flexibility index (Phi) is 4.61. The Hall–Kier alpha value is -1.57. The van der Waals surface area contributed by atoms with Crippen molar-refractivity contribution in [1.29, 1.82) is 0 Å². The molecule has 0 fully saturated rings. The van der Waals surface area contributed by atoms with Gasteiger partial charge in [-0.2, -0.15) is 0 Å². The zero-order valence-electron chi connectivity index (χ0n) is 7.96. The molecule has 0 spiro atoms. The van der Waals surface area contributed by atoms with Crippen LogP contribution < -0.4 is 10.6 Å². The Morgan fingerprint density at radius 2 is 2.40 bits per heavy atom. The minimum atomic E-state index is -0.172. The summed E-state index contributed by atoms with van der Waals surface area (Å²) in [5, 5.41) is 5.80. The molecule has 4 nitrogen and oxygen atoms in total. The number of nitrogens with one attached hydrogen (secondary N) is 2. The van der Waals surface area contributed by atoms with E-state index in [2.05, 4.69) is 21.5 Å². The van der Waals surface area contributed by atoms with Crippen LogP contribution in [0.1, 0.15) is 0 Å². The second kappa shape index (κ2) is 6.02. The summed E-state index contributed by atoms with van der Waals surface area (Å²) in [6, 6.07) is 3.28. The molecule has 0 unspecified atom stereocenters. The van der Waals surface area contributed by atoms with Gasteiger partial charge in [-0.05, 0) is 12.1 Å². The van der Waals surface area contributed by atoms with Gasteiger partial charge in [-0.3, -0.25) is 10.1 Å². The Labute approximate surface area is 93.0 Å². The third-order valence-corrected chi connectivity index (χ3v) is 1.75. The highest BCUT2D eigenvalue weighted by molar-refractivity contribution is 6.29. The molecule has 15 heavy (non-hydrogen) atoms. The first-order valence-corrected chi connectivity index (χ1v) is 4.66. The van der Waals surface area contributed by atoms with Crippen molar-refractivity contribution in [3.63, 3.8) is 0 Å². The topological polar surface area (TPSA) is 54.0 Å². The van der Waals surface area contributed by atoms with Crippen LogP contribution in [0.2, 0.25) is 5.15 Å². The molecule has 0 aliphatic rings. The van der Waals surface area contributed by atoms with Crippen molar-refractivity contribution in [2.24, 2.45) is 0 Å².